The number of carbonyl (C=O) groups is 3. The summed E-state index contributed by atoms with van der Waals surface area (Å²) >= 11 is 0. The molecular formula is C32H30F3N7O3. The van der Waals surface area contributed by atoms with E-state index in [2.05, 4.69) is 20.6 Å². The lowest BCUT2D eigenvalue weighted by molar-refractivity contribution is 0.0940. The molecule has 0 atom stereocenters. The highest BCUT2D eigenvalue weighted by Crippen LogP contribution is 2.21. The van der Waals surface area contributed by atoms with Gasteiger partial charge in [0, 0.05) is 43.2 Å². The van der Waals surface area contributed by atoms with Crippen LogP contribution in [0.15, 0.2) is 85.3 Å². The predicted octanol–water partition coefficient (Wildman–Crippen LogP) is 3.82. The summed E-state index contributed by atoms with van der Waals surface area (Å²) in [5.74, 6) is -3.48. The molecule has 3 heterocycles. The fourth-order valence-electron chi connectivity index (χ4n) is 4.06. The Hall–Kier alpha value is -5.56. The molecule has 3 amide bonds. The van der Waals surface area contributed by atoms with Gasteiger partial charge in [0.2, 0.25) is 0 Å². The number of hydrogen-bond donors (Lipinski definition) is 3. The van der Waals surface area contributed by atoms with Crippen LogP contribution in [-0.2, 0) is 6.54 Å². The van der Waals surface area contributed by atoms with E-state index < -0.39 is 29.3 Å². The van der Waals surface area contributed by atoms with Crippen LogP contribution in [0.2, 0.25) is 0 Å². The van der Waals surface area contributed by atoms with E-state index in [1.54, 1.807) is 22.9 Å². The number of hydrogen-bond acceptors (Lipinski definition) is 6. The third-order valence-corrected chi connectivity index (χ3v) is 6.48. The number of primary amides is 1. The predicted molar refractivity (Wildman–Crippen MR) is 162 cm³/mol. The first-order valence-corrected chi connectivity index (χ1v) is 13.7. The minimum Gasteiger partial charge on any atom is -0.364 e. The lowest BCUT2D eigenvalue weighted by Gasteiger charge is -2.10. The van der Waals surface area contributed by atoms with Crippen LogP contribution in [0.3, 0.4) is 0 Å². The van der Waals surface area contributed by atoms with Crippen LogP contribution in [0.1, 0.15) is 36.9 Å². The molecule has 4 N–H and O–H groups in total. The second-order valence-corrected chi connectivity index (χ2v) is 10.1. The summed E-state index contributed by atoms with van der Waals surface area (Å²) in [7, 11) is 3.89. The number of halogens is 3. The topological polar surface area (TPSA) is 135 Å². The van der Waals surface area contributed by atoms with Gasteiger partial charge in [0.05, 0.1) is 6.20 Å². The van der Waals surface area contributed by atoms with Crippen molar-refractivity contribution in [2.24, 2.45) is 5.73 Å². The maximum atomic E-state index is 12.9. The van der Waals surface area contributed by atoms with Gasteiger partial charge >= 0.3 is 0 Å². The zero-order valence-corrected chi connectivity index (χ0v) is 24.4. The quantitative estimate of drug-likeness (QED) is 0.230. The minimum absolute atomic E-state index is 0.0629. The molecule has 10 nitrogen and oxygen atoms in total. The number of imidazole rings is 1. The molecule has 0 aliphatic heterocycles. The van der Waals surface area contributed by atoms with Gasteiger partial charge < -0.3 is 21.3 Å². The molecule has 0 saturated heterocycles. The number of nitrogens with two attached hydrogens (primary N) is 1. The summed E-state index contributed by atoms with van der Waals surface area (Å²) in [4.78, 5) is 45.5. The van der Waals surface area contributed by atoms with Crippen molar-refractivity contribution in [1.29, 1.82) is 0 Å². The first kappa shape index (κ1) is 32.4. The molecule has 5 rings (SSSR count). The number of nitrogens with zero attached hydrogens (tertiary/aromatic N) is 4. The highest BCUT2D eigenvalue weighted by Gasteiger charge is 2.11. The number of carbonyl (C=O) groups excluding carboxylic acids is 3. The van der Waals surface area contributed by atoms with Gasteiger partial charge in [0.15, 0.2) is 11.6 Å². The largest absolute Gasteiger partial charge is 0.364 e. The maximum absolute atomic E-state index is 12.9. The number of amides is 3. The molecule has 0 spiro atoms. The van der Waals surface area contributed by atoms with Crippen molar-refractivity contribution < 1.29 is 27.6 Å². The number of nitrogens with one attached hydrogen (secondary N) is 2. The summed E-state index contributed by atoms with van der Waals surface area (Å²) < 4.78 is 39.9. The molecule has 0 aliphatic carbocycles. The number of pyridine rings is 2. The van der Waals surface area contributed by atoms with Crippen molar-refractivity contribution in [1.82, 2.24) is 29.9 Å². The van der Waals surface area contributed by atoms with E-state index in [-0.39, 0.29) is 12.5 Å². The molecule has 0 saturated carbocycles. The molecule has 45 heavy (non-hydrogen) atoms. The molecule has 0 aliphatic rings. The van der Waals surface area contributed by atoms with Crippen LogP contribution in [0, 0.1) is 17.5 Å². The van der Waals surface area contributed by atoms with Crippen LogP contribution < -0.4 is 16.4 Å². The molecule has 0 bridgehead atoms. The van der Waals surface area contributed by atoms with E-state index in [1.165, 1.54) is 36.5 Å². The van der Waals surface area contributed by atoms with Gasteiger partial charge in [-0.2, -0.15) is 0 Å². The first-order chi connectivity index (χ1) is 21.5. The van der Waals surface area contributed by atoms with E-state index in [4.69, 9.17) is 5.73 Å². The first-order valence-electron chi connectivity index (χ1n) is 13.7. The van der Waals surface area contributed by atoms with E-state index in [9.17, 15) is 27.6 Å². The van der Waals surface area contributed by atoms with Crippen molar-refractivity contribution in [3.05, 3.63) is 125 Å². The molecule has 5 aromatic rings. The molecule has 13 heteroatoms. The smallest absolute Gasteiger partial charge is 0.269 e. The summed E-state index contributed by atoms with van der Waals surface area (Å²) in [5.41, 5.74) is 9.09. The zero-order chi connectivity index (χ0) is 32.5. The Kier molecular flexibility index (Phi) is 10.6. The summed E-state index contributed by atoms with van der Waals surface area (Å²) in [6.07, 6.45) is 4.82. The van der Waals surface area contributed by atoms with E-state index in [1.807, 2.05) is 37.2 Å². The maximum Gasteiger partial charge on any atom is 0.269 e. The van der Waals surface area contributed by atoms with Gasteiger partial charge in [-0.15, -0.1) is 0 Å². The monoisotopic (exact) mass is 617 g/mol. The van der Waals surface area contributed by atoms with Crippen LogP contribution in [0.4, 0.5) is 13.2 Å². The van der Waals surface area contributed by atoms with Crippen LogP contribution in [-0.4, -0.2) is 64.2 Å². The van der Waals surface area contributed by atoms with Crippen LogP contribution in [0.25, 0.3) is 16.8 Å². The van der Waals surface area contributed by atoms with E-state index >= 15 is 0 Å². The lowest BCUT2D eigenvalue weighted by atomic mass is 10.1. The van der Waals surface area contributed by atoms with Crippen LogP contribution in [0.5, 0.6) is 0 Å². The molecule has 0 unspecified atom stereocenters. The third-order valence-electron chi connectivity index (χ3n) is 6.48. The van der Waals surface area contributed by atoms with Crippen molar-refractivity contribution in [3.63, 3.8) is 0 Å². The van der Waals surface area contributed by atoms with Gasteiger partial charge in [-0.3, -0.25) is 23.8 Å². The highest BCUT2D eigenvalue weighted by atomic mass is 19.2. The van der Waals surface area contributed by atoms with Crippen molar-refractivity contribution in [2.45, 2.75) is 6.54 Å². The molecule has 2 aromatic carbocycles. The van der Waals surface area contributed by atoms with Gasteiger partial charge in [-0.25, -0.2) is 18.2 Å². The van der Waals surface area contributed by atoms with Gasteiger partial charge in [-0.05, 0) is 79.8 Å². The normalized spacial score (nSPS) is 10.7. The zero-order valence-electron chi connectivity index (χ0n) is 24.4. The SMILES string of the molecule is CN(C)CCNC(=O)c1ccc(-c2ccn3c(C(N)=O)cnc3c2)cn1.O=C(NCc1ccc(F)c(F)c1)c1ccc(F)cc1. The third kappa shape index (κ3) is 8.74. The highest BCUT2D eigenvalue weighted by molar-refractivity contribution is 5.94. The molecule has 0 radical (unpaired) electrons. The summed E-state index contributed by atoms with van der Waals surface area (Å²) in [6.45, 7) is 1.39. The van der Waals surface area contributed by atoms with Crippen molar-refractivity contribution in [2.75, 3.05) is 27.2 Å². The molecule has 3 aromatic heterocycles. The number of aromatic nitrogens is 3. The Morgan fingerprint density at radius 3 is 2.22 bits per heavy atom. The average Bonchev–Trinajstić information content (AvgIpc) is 3.46. The van der Waals surface area contributed by atoms with Crippen molar-refractivity contribution >= 4 is 23.4 Å². The van der Waals surface area contributed by atoms with Gasteiger partial charge in [0.1, 0.15) is 22.9 Å². The molecule has 0 fully saturated rings. The Morgan fingerprint density at radius 1 is 0.822 bits per heavy atom. The Labute approximate surface area is 256 Å². The van der Waals surface area contributed by atoms with Crippen LogP contribution >= 0.6 is 0 Å². The Morgan fingerprint density at radius 2 is 1.58 bits per heavy atom. The Balaban J connectivity index is 0.000000215. The van der Waals surface area contributed by atoms with Gasteiger partial charge in [-0.1, -0.05) is 12.1 Å². The molecular weight excluding hydrogens is 587 g/mol. The number of benzene rings is 2. The standard InChI is InChI=1S/C18H20N6O2.C14H10F3NO/c1-23(2)8-6-20-18(26)14-4-3-13(10-21-14)12-5-7-24-15(17(19)25)11-22-16(24)9-12;15-11-4-2-10(3-5-11)14(19)18-8-9-1-6-12(16)13(17)7-9/h3-5,7,9-11H,6,8H2,1-2H3,(H2,19,25)(H,20,26);1-7H,8H2,(H,18,19). The number of rotatable bonds is 9. The lowest BCUT2D eigenvalue weighted by Crippen LogP contribution is -2.31. The average molecular weight is 618 g/mol. The van der Waals surface area contributed by atoms with E-state index in [0.29, 0.717) is 34.7 Å². The van der Waals surface area contributed by atoms with Gasteiger partial charge in [0.25, 0.3) is 17.7 Å². The Bertz CT molecular complexity index is 1810. The minimum atomic E-state index is -0.964. The van der Waals surface area contributed by atoms with E-state index in [0.717, 1.165) is 29.8 Å². The fraction of sp³-hybridized carbons (Fsp3) is 0.156. The van der Waals surface area contributed by atoms with Crippen molar-refractivity contribution in [3.8, 4) is 11.1 Å². The summed E-state index contributed by atoms with van der Waals surface area (Å²) in [6, 6.07) is 15.6. The number of fused-ring (bicyclic) bond motifs is 1. The number of likely N-dealkylation sites (N-methyl/N-ethyl adjacent to an activating group) is 1. The fourth-order valence-corrected chi connectivity index (χ4v) is 4.06. The summed E-state index contributed by atoms with van der Waals surface area (Å²) in [5, 5.41) is 5.36. The second kappa shape index (κ2) is 14.8. The molecule has 232 valence electrons. The second-order valence-electron chi connectivity index (χ2n) is 10.1.